The highest BCUT2D eigenvalue weighted by Crippen LogP contribution is 2.17. The van der Waals surface area contributed by atoms with Crippen molar-refractivity contribution in [3.05, 3.63) is 17.5 Å². The summed E-state index contributed by atoms with van der Waals surface area (Å²) in [4.78, 5) is 0. The first kappa shape index (κ1) is 16.2. The number of hydrogen-bond donors (Lipinski definition) is 2. The van der Waals surface area contributed by atoms with E-state index in [1.54, 1.807) is 0 Å². The first-order valence-electron chi connectivity index (χ1n) is 7.42. The number of nitrogens with one attached hydrogen (secondary N) is 1. The first-order valence-corrected chi connectivity index (χ1v) is 7.42. The van der Waals surface area contributed by atoms with Gasteiger partial charge in [-0.05, 0) is 31.2 Å². The molecule has 0 radical (unpaired) electrons. The van der Waals surface area contributed by atoms with Crippen molar-refractivity contribution in [1.82, 2.24) is 15.1 Å². The van der Waals surface area contributed by atoms with E-state index in [2.05, 4.69) is 37.4 Å². The van der Waals surface area contributed by atoms with Crippen LogP contribution in [0.2, 0.25) is 0 Å². The van der Waals surface area contributed by atoms with Gasteiger partial charge in [0.1, 0.15) is 0 Å². The molecule has 0 saturated heterocycles. The van der Waals surface area contributed by atoms with E-state index >= 15 is 0 Å². The van der Waals surface area contributed by atoms with Gasteiger partial charge in [-0.1, -0.05) is 27.2 Å². The van der Waals surface area contributed by atoms with E-state index in [9.17, 15) is 0 Å². The summed E-state index contributed by atoms with van der Waals surface area (Å²) >= 11 is 0. The van der Waals surface area contributed by atoms with Crippen LogP contribution in [0.5, 0.6) is 0 Å². The van der Waals surface area contributed by atoms with Gasteiger partial charge in [0.25, 0.3) is 0 Å². The highest BCUT2D eigenvalue weighted by molar-refractivity contribution is 5.19. The molecule has 1 aromatic rings. The molecule has 0 bridgehead atoms. The maximum absolute atomic E-state index is 9.06. The van der Waals surface area contributed by atoms with Crippen molar-refractivity contribution in [1.29, 1.82) is 0 Å². The van der Waals surface area contributed by atoms with Crippen molar-refractivity contribution < 1.29 is 5.11 Å². The molecular formula is C15H29N3O. The number of nitrogens with zero attached hydrogens (tertiary/aromatic N) is 2. The molecule has 1 rings (SSSR count). The zero-order valence-corrected chi connectivity index (χ0v) is 12.8. The largest absolute Gasteiger partial charge is 0.396 e. The Kier molecular flexibility index (Phi) is 7.10. The third kappa shape index (κ3) is 5.33. The van der Waals surface area contributed by atoms with Crippen molar-refractivity contribution in [2.24, 2.45) is 13.0 Å². The molecule has 0 fully saturated rings. The monoisotopic (exact) mass is 267 g/mol. The lowest BCUT2D eigenvalue weighted by atomic mass is 10.00. The van der Waals surface area contributed by atoms with E-state index in [0.29, 0.717) is 11.8 Å². The average Bonchev–Trinajstić information content (AvgIpc) is 2.71. The minimum absolute atomic E-state index is 0.288. The predicted molar refractivity (Wildman–Crippen MR) is 79.1 cm³/mol. The van der Waals surface area contributed by atoms with Crippen LogP contribution in [0, 0.1) is 5.92 Å². The van der Waals surface area contributed by atoms with Gasteiger partial charge in [-0.3, -0.25) is 4.68 Å². The number of aliphatic hydroxyl groups is 1. The van der Waals surface area contributed by atoms with E-state index in [4.69, 9.17) is 5.11 Å². The van der Waals surface area contributed by atoms with Gasteiger partial charge in [-0.15, -0.1) is 0 Å². The Labute approximate surface area is 117 Å². The van der Waals surface area contributed by atoms with Crippen LogP contribution in [0.4, 0.5) is 0 Å². The number of aromatic nitrogens is 2. The second-order valence-electron chi connectivity index (χ2n) is 5.67. The lowest BCUT2D eigenvalue weighted by Crippen LogP contribution is -2.23. The van der Waals surface area contributed by atoms with Gasteiger partial charge in [-0.25, -0.2) is 0 Å². The van der Waals surface area contributed by atoms with Gasteiger partial charge >= 0.3 is 0 Å². The molecule has 1 atom stereocenters. The van der Waals surface area contributed by atoms with E-state index in [1.807, 2.05) is 11.7 Å². The SMILES string of the molecule is CCCC(CCO)CNCc1cn(C)nc1C(C)C. The topological polar surface area (TPSA) is 50.1 Å². The molecule has 0 spiro atoms. The van der Waals surface area contributed by atoms with Gasteiger partial charge in [0, 0.05) is 32.0 Å². The molecule has 0 aliphatic carbocycles. The number of aliphatic hydroxyl groups excluding tert-OH is 1. The Bertz CT molecular complexity index is 354. The third-order valence-electron chi connectivity index (χ3n) is 3.47. The Balaban J connectivity index is 2.47. The van der Waals surface area contributed by atoms with Crippen LogP contribution >= 0.6 is 0 Å². The molecule has 1 unspecified atom stereocenters. The summed E-state index contributed by atoms with van der Waals surface area (Å²) in [6.45, 7) is 8.68. The summed E-state index contributed by atoms with van der Waals surface area (Å²) < 4.78 is 1.89. The van der Waals surface area contributed by atoms with Crippen molar-refractivity contribution in [3.63, 3.8) is 0 Å². The second kappa shape index (κ2) is 8.33. The van der Waals surface area contributed by atoms with Crippen molar-refractivity contribution in [3.8, 4) is 0 Å². The summed E-state index contributed by atoms with van der Waals surface area (Å²) in [5.74, 6) is 1.04. The minimum atomic E-state index is 0.288. The molecule has 0 aliphatic rings. The van der Waals surface area contributed by atoms with Crippen LogP contribution in [0.15, 0.2) is 6.20 Å². The normalized spacial score (nSPS) is 13.2. The van der Waals surface area contributed by atoms with E-state index < -0.39 is 0 Å². The van der Waals surface area contributed by atoms with E-state index in [0.717, 1.165) is 19.5 Å². The third-order valence-corrected chi connectivity index (χ3v) is 3.47. The molecule has 1 heterocycles. The van der Waals surface area contributed by atoms with Gasteiger partial charge in [-0.2, -0.15) is 5.10 Å². The quantitative estimate of drug-likeness (QED) is 0.722. The number of rotatable bonds is 9. The molecule has 110 valence electrons. The highest BCUT2D eigenvalue weighted by atomic mass is 16.3. The van der Waals surface area contributed by atoms with Crippen LogP contribution in [0.25, 0.3) is 0 Å². The Morgan fingerprint density at radius 2 is 2.11 bits per heavy atom. The van der Waals surface area contributed by atoms with Crippen molar-refractivity contribution >= 4 is 0 Å². The van der Waals surface area contributed by atoms with Crippen LogP contribution in [-0.2, 0) is 13.6 Å². The lowest BCUT2D eigenvalue weighted by Gasteiger charge is -2.15. The van der Waals surface area contributed by atoms with Gasteiger partial charge in [0.2, 0.25) is 0 Å². The smallest absolute Gasteiger partial charge is 0.0694 e. The fourth-order valence-corrected chi connectivity index (χ4v) is 2.53. The van der Waals surface area contributed by atoms with Gasteiger partial charge < -0.3 is 10.4 Å². The van der Waals surface area contributed by atoms with Crippen molar-refractivity contribution in [2.75, 3.05) is 13.2 Å². The summed E-state index contributed by atoms with van der Waals surface area (Å²) in [5, 5.41) is 17.1. The molecule has 0 aromatic carbocycles. The molecule has 0 amide bonds. The maximum Gasteiger partial charge on any atom is 0.0694 e. The van der Waals surface area contributed by atoms with Crippen LogP contribution in [0.3, 0.4) is 0 Å². The molecule has 2 N–H and O–H groups in total. The number of aryl methyl sites for hydroxylation is 1. The minimum Gasteiger partial charge on any atom is -0.396 e. The Morgan fingerprint density at radius 3 is 2.68 bits per heavy atom. The molecule has 4 nitrogen and oxygen atoms in total. The van der Waals surface area contributed by atoms with Crippen LogP contribution < -0.4 is 5.32 Å². The fourth-order valence-electron chi connectivity index (χ4n) is 2.53. The average molecular weight is 267 g/mol. The first-order chi connectivity index (χ1) is 9.08. The zero-order valence-electron chi connectivity index (χ0n) is 12.8. The second-order valence-corrected chi connectivity index (χ2v) is 5.67. The summed E-state index contributed by atoms with van der Waals surface area (Å²) in [6, 6.07) is 0. The predicted octanol–water partition coefficient (Wildman–Crippen LogP) is 2.43. The van der Waals surface area contributed by atoms with Gasteiger partial charge in [0.15, 0.2) is 0 Å². The summed E-state index contributed by atoms with van der Waals surface area (Å²) in [6.07, 6.45) is 5.35. The van der Waals surface area contributed by atoms with Crippen LogP contribution in [-0.4, -0.2) is 28.0 Å². The van der Waals surface area contributed by atoms with Gasteiger partial charge in [0.05, 0.1) is 5.69 Å². The molecule has 0 aliphatic heterocycles. The van der Waals surface area contributed by atoms with Crippen molar-refractivity contribution in [2.45, 2.75) is 52.5 Å². The molecule has 19 heavy (non-hydrogen) atoms. The molecule has 4 heteroatoms. The lowest BCUT2D eigenvalue weighted by molar-refractivity contribution is 0.248. The summed E-state index contributed by atoms with van der Waals surface area (Å²) in [5.41, 5.74) is 2.47. The molecule has 1 aromatic heterocycles. The maximum atomic E-state index is 9.06. The Hall–Kier alpha value is -0.870. The van der Waals surface area contributed by atoms with Crippen LogP contribution in [0.1, 0.15) is 57.2 Å². The number of hydrogen-bond acceptors (Lipinski definition) is 3. The fraction of sp³-hybridized carbons (Fsp3) is 0.800. The zero-order chi connectivity index (χ0) is 14.3. The molecular weight excluding hydrogens is 238 g/mol. The highest BCUT2D eigenvalue weighted by Gasteiger charge is 2.12. The Morgan fingerprint density at radius 1 is 1.37 bits per heavy atom. The molecule has 0 saturated carbocycles. The van der Waals surface area contributed by atoms with E-state index in [1.165, 1.54) is 24.1 Å². The summed E-state index contributed by atoms with van der Waals surface area (Å²) in [7, 11) is 1.97. The standard InChI is InChI=1S/C15H29N3O/c1-5-6-13(7-8-19)9-16-10-14-11-18(4)17-15(14)12(2)3/h11-13,16,19H,5-10H2,1-4H3. The van der Waals surface area contributed by atoms with E-state index in [-0.39, 0.29) is 6.61 Å².